The first-order chi connectivity index (χ1) is 9.72. The first kappa shape index (κ1) is 15.1. The van der Waals surface area contributed by atoms with E-state index < -0.39 is 0 Å². The van der Waals surface area contributed by atoms with Crippen molar-refractivity contribution in [2.45, 2.75) is 37.8 Å². The minimum atomic E-state index is 0.372. The zero-order valence-corrected chi connectivity index (χ0v) is 13.3. The van der Waals surface area contributed by atoms with E-state index in [0.717, 1.165) is 13.0 Å². The Hall–Kier alpha value is -1.25. The fraction of sp³-hybridized carbons (Fsp3) is 0.333. The lowest BCUT2D eigenvalue weighted by Gasteiger charge is -2.15. The van der Waals surface area contributed by atoms with Gasteiger partial charge in [-0.25, -0.2) is 0 Å². The van der Waals surface area contributed by atoms with Crippen molar-refractivity contribution in [3.63, 3.8) is 0 Å². The van der Waals surface area contributed by atoms with Gasteiger partial charge in [-0.3, -0.25) is 0 Å². The second-order valence-electron chi connectivity index (χ2n) is 5.05. The van der Waals surface area contributed by atoms with Crippen molar-refractivity contribution in [2.75, 3.05) is 6.26 Å². The van der Waals surface area contributed by atoms with Crippen molar-refractivity contribution in [3.05, 3.63) is 65.2 Å². The average Bonchev–Trinajstić information content (AvgIpc) is 2.53. The molecule has 2 aromatic carbocycles. The Morgan fingerprint density at radius 1 is 0.950 bits per heavy atom. The van der Waals surface area contributed by atoms with Crippen molar-refractivity contribution in [1.82, 2.24) is 5.32 Å². The molecule has 2 rings (SSSR count). The van der Waals surface area contributed by atoms with Crippen LogP contribution in [0.5, 0.6) is 0 Å². The van der Waals surface area contributed by atoms with Gasteiger partial charge in [0.1, 0.15) is 0 Å². The van der Waals surface area contributed by atoms with Crippen LogP contribution in [-0.2, 0) is 13.0 Å². The largest absolute Gasteiger partial charge is 0.306 e. The molecule has 1 nitrogen and oxygen atoms in total. The molecule has 0 bridgehead atoms. The lowest BCUT2D eigenvalue weighted by molar-refractivity contribution is 0.574. The Bertz CT molecular complexity index is 516. The van der Waals surface area contributed by atoms with Gasteiger partial charge < -0.3 is 5.32 Å². The van der Waals surface area contributed by atoms with Gasteiger partial charge in [0.2, 0.25) is 0 Å². The molecule has 0 fully saturated rings. The number of thioether (sulfide) groups is 1. The van der Waals surface area contributed by atoms with Crippen molar-refractivity contribution in [1.29, 1.82) is 0 Å². The van der Waals surface area contributed by atoms with Crippen LogP contribution in [0.15, 0.2) is 53.4 Å². The van der Waals surface area contributed by atoms with Gasteiger partial charge >= 0.3 is 0 Å². The van der Waals surface area contributed by atoms with Crippen molar-refractivity contribution in [2.24, 2.45) is 0 Å². The number of nitrogens with one attached hydrogen (secondary N) is 1. The summed E-state index contributed by atoms with van der Waals surface area (Å²) in [6.07, 6.45) is 3.21. The van der Waals surface area contributed by atoms with Crippen LogP contribution in [0, 0.1) is 0 Å². The number of hydrogen-bond donors (Lipinski definition) is 1. The van der Waals surface area contributed by atoms with Gasteiger partial charge in [-0.2, -0.15) is 0 Å². The maximum Gasteiger partial charge on any atom is 0.0294 e. The molecule has 0 radical (unpaired) electrons. The highest BCUT2D eigenvalue weighted by atomic mass is 32.2. The summed E-state index contributed by atoms with van der Waals surface area (Å²) in [6, 6.07) is 18.0. The Labute approximate surface area is 126 Å². The maximum absolute atomic E-state index is 3.58. The smallest absolute Gasteiger partial charge is 0.0294 e. The number of benzene rings is 2. The lowest BCUT2D eigenvalue weighted by Crippen LogP contribution is -2.17. The molecule has 0 heterocycles. The van der Waals surface area contributed by atoms with Gasteiger partial charge in [0.25, 0.3) is 0 Å². The van der Waals surface area contributed by atoms with Gasteiger partial charge in [-0.1, -0.05) is 43.3 Å². The molecular formula is C18H23NS. The predicted molar refractivity (Wildman–Crippen MR) is 89.3 cm³/mol. The lowest BCUT2D eigenvalue weighted by atomic mass is 10.1. The quantitative estimate of drug-likeness (QED) is 0.764. The molecule has 106 valence electrons. The molecule has 1 atom stereocenters. The van der Waals surface area contributed by atoms with Crippen LogP contribution in [0.2, 0.25) is 0 Å². The summed E-state index contributed by atoms with van der Waals surface area (Å²) in [5, 5.41) is 3.58. The second-order valence-corrected chi connectivity index (χ2v) is 5.93. The summed E-state index contributed by atoms with van der Waals surface area (Å²) in [6.45, 7) is 5.32. The second kappa shape index (κ2) is 7.51. The molecule has 0 aliphatic rings. The first-order valence-corrected chi connectivity index (χ1v) is 8.40. The topological polar surface area (TPSA) is 12.0 Å². The molecule has 2 aromatic rings. The summed E-state index contributed by atoms with van der Waals surface area (Å²) in [5.74, 6) is 0. The van der Waals surface area contributed by atoms with E-state index in [2.05, 4.69) is 74.0 Å². The fourth-order valence-electron chi connectivity index (χ4n) is 2.17. The SMILES string of the molecule is CCc1ccc(CNC(C)c2ccc(SC)cc2)cc1. The minimum absolute atomic E-state index is 0.372. The highest BCUT2D eigenvalue weighted by molar-refractivity contribution is 7.98. The summed E-state index contributed by atoms with van der Waals surface area (Å²) >= 11 is 1.78. The summed E-state index contributed by atoms with van der Waals surface area (Å²) in [5.41, 5.74) is 4.08. The van der Waals surface area contributed by atoms with E-state index in [-0.39, 0.29) is 0 Å². The molecule has 0 aliphatic heterocycles. The molecule has 0 saturated heterocycles. The van der Waals surface area contributed by atoms with Crippen LogP contribution < -0.4 is 5.32 Å². The van der Waals surface area contributed by atoms with Crippen molar-refractivity contribution < 1.29 is 0 Å². The zero-order chi connectivity index (χ0) is 14.4. The van der Waals surface area contributed by atoms with Crippen LogP contribution in [0.3, 0.4) is 0 Å². The van der Waals surface area contributed by atoms with E-state index >= 15 is 0 Å². The molecule has 1 unspecified atom stereocenters. The third kappa shape index (κ3) is 4.12. The standard InChI is InChI=1S/C18H23NS/c1-4-15-5-7-16(8-6-15)13-19-14(2)17-9-11-18(20-3)12-10-17/h5-12,14,19H,4,13H2,1-3H3. The van der Waals surface area contributed by atoms with E-state index in [0.29, 0.717) is 6.04 Å². The van der Waals surface area contributed by atoms with E-state index in [4.69, 9.17) is 0 Å². The molecule has 0 amide bonds. The molecule has 0 spiro atoms. The Morgan fingerprint density at radius 3 is 2.10 bits per heavy atom. The summed E-state index contributed by atoms with van der Waals surface area (Å²) in [4.78, 5) is 1.32. The van der Waals surface area contributed by atoms with Crippen LogP contribution in [0.4, 0.5) is 0 Å². The molecule has 0 aliphatic carbocycles. The van der Waals surface area contributed by atoms with E-state index in [1.54, 1.807) is 11.8 Å². The number of rotatable bonds is 6. The summed E-state index contributed by atoms with van der Waals surface area (Å²) in [7, 11) is 0. The minimum Gasteiger partial charge on any atom is -0.306 e. The Morgan fingerprint density at radius 2 is 1.55 bits per heavy atom. The number of hydrogen-bond acceptors (Lipinski definition) is 2. The average molecular weight is 285 g/mol. The molecule has 0 aromatic heterocycles. The monoisotopic (exact) mass is 285 g/mol. The molecular weight excluding hydrogens is 262 g/mol. The Kier molecular flexibility index (Phi) is 5.69. The highest BCUT2D eigenvalue weighted by Gasteiger charge is 2.04. The van der Waals surface area contributed by atoms with E-state index in [1.807, 2.05) is 0 Å². The van der Waals surface area contributed by atoms with Crippen LogP contribution in [0.25, 0.3) is 0 Å². The molecule has 20 heavy (non-hydrogen) atoms. The van der Waals surface area contributed by atoms with Crippen LogP contribution in [0.1, 0.15) is 36.6 Å². The zero-order valence-electron chi connectivity index (χ0n) is 12.5. The van der Waals surface area contributed by atoms with Gasteiger partial charge in [-0.05, 0) is 48.4 Å². The van der Waals surface area contributed by atoms with Gasteiger partial charge in [0, 0.05) is 17.5 Å². The van der Waals surface area contributed by atoms with Gasteiger partial charge in [-0.15, -0.1) is 11.8 Å². The third-order valence-corrected chi connectivity index (χ3v) is 4.40. The van der Waals surface area contributed by atoms with Crippen LogP contribution in [-0.4, -0.2) is 6.26 Å². The number of aryl methyl sites for hydroxylation is 1. The maximum atomic E-state index is 3.58. The van der Waals surface area contributed by atoms with Gasteiger partial charge in [0.05, 0.1) is 0 Å². The van der Waals surface area contributed by atoms with Gasteiger partial charge in [0.15, 0.2) is 0 Å². The summed E-state index contributed by atoms with van der Waals surface area (Å²) < 4.78 is 0. The molecule has 2 heteroatoms. The van der Waals surface area contributed by atoms with Crippen LogP contribution >= 0.6 is 11.8 Å². The van der Waals surface area contributed by atoms with Crippen molar-refractivity contribution in [3.8, 4) is 0 Å². The third-order valence-electron chi connectivity index (χ3n) is 3.66. The predicted octanol–water partition coefficient (Wildman–Crippen LogP) is 4.82. The molecule has 0 saturated carbocycles. The fourth-order valence-corrected chi connectivity index (χ4v) is 2.58. The van der Waals surface area contributed by atoms with E-state index in [1.165, 1.54) is 21.6 Å². The normalized spacial score (nSPS) is 12.3. The first-order valence-electron chi connectivity index (χ1n) is 7.18. The Balaban J connectivity index is 1.91. The van der Waals surface area contributed by atoms with Crippen molar-refractivity contribution >= 4 is 11.8 Å². The highest BCUT2D eigenvalue weighted by Crippen LogP contribution is 2.19. The van der Waals surface area contributed by atoms with E-state index in [9.17, 15) is 0 Å². The molecule has 1 N–H and O–H groups in total.